The Morgan fingerprint density at radius 2 is 1.67 bits per heavy atom. The molecule has 11 heteroatoms. The Bertz CT molecular complexity index is 1220. The predicted molar refractivity (Wildman–Crippen MR) is 112 cm³/mol. The molecule has 0 aliphatic carbocycles. The van der Waals surface area contributed by atoms with E-state index in [1.54, 1.807) is 0 Å². The number of benzene rings is 2. The third-order valence-electron chi connectivity index (χ3n) is 5.11. The van der Waals surface area contributed by atoms with Crippen molar-refractivity contribution in [1.82, 2.24) is 9.78 Å². The van der Waals surface area contributed by atoms with Gasteiger partial charge in [0.25, 0.3) is 5.56 Å². The summed E-state index contributed by atoms with van der Waals surface area (Å²) in [7, 11) is 0. The lowest BCUT2D eigenvalue weighted by molar-refractivity contribution is -0.245. The van der Waals surface area contributed by atoms with Crippen LogP contribution in [0, 0.1) is 11.2 Å². The highest BCUT2D eigenvalue weighted by Gasteiger charge is 2.55. The summed E-state index contributed by atoms with van der Waals surface area (Å²) < 4.78 is 55.0. The van der Waals surface area contributed by atoms with Crippen molar-refractivity contribution in [2.45, 2.75) is 12.6 Å². The molecule has 0 spiro atoms. The molecule has 0 bridgehead atoms. The number of aliphatic hydroxyl groups excluding tert-OH is 2. The van der Waals surface area contributed by atoms with Gasteiger partial charge in [0, 0.05) is 17.0 Å². The summed E-state index contributed by atoms with van der Waals surface area (Å²) in [5.41, 5.74) is -4.56. The molecule has 2 N–H and O–H groups in total. The number of hydrogen-bond acceptors (Lipinski definition) is 5. The number of carbonyl (C=O) groups is 1. The predicted octanol–water partition coefficient (Wildman–Crippen LogP) is 3.80. The van der Waals surface area contributed by atoms with E-state index in [0.717, 1.165) is 18.2 Å². The molecule has 0 aliphatic rings. The summed E-state index contributed by atoms with van der Waals surface area (Å²) in [6, 6.07) is 11.8. The lowest BCUT2D eigenvalue weighted by atomic mass is 9.82. The molecule has 33 heavy (non-hydrogen) atoms. The van der Waals surface area contributed by atoms with Gasteiger partial charge in [0.15, 0.2) is 5.78 Å². The van der Waals surface area contributed by atoms with Crippen molar-refractivity contribution in [1.29, 1.82) is 0 Å². The van der Waals surface area contributed by atoms with Crippen molar-refractivity contribution < 1.29 is 32.6 Å². The van der Waals surface area contributed by atoms with Crippen LogP contribution in [-0.4, -0.2) is 45.2 Å². The molecule has 3 rings (SSSR count). The van der Waals surface area contributed by atoms with Gasteiger partial charge in [-0.05, 0) is 36.4 Å². The lowest BCUT2D eigenvalue weighted by Crippen LogP contribution is -2.46. The van der Waals surface area contributed by atoms with Gasteiger partial charge >= 0.3 is 6.18 Å². The molecule has 0 fully saturated rings. The molecule has 174 valence electrons. The number of rotatable bonds is 7. The van der Waals surface area contributed by atoms with Crippen LogP contribution in [0.2, 0.25) is 5.02 Å². The van der Waals surface area contributed by atoms with Crippen LogP contribution in [0.3, 0.4) is 0 Å². The van der Waals surface area contributed by atoms with Crippen LogP contribution < -0.4 is 5.56 Å². The largest absolute Gasteiger partial charge is 0.399 e. The van der Waals surface area contributed by atoms with Gasteiger partial charge in [0.2, 0.25) is 0 Å². The lowest BCUT2D eigenvalue weighted by Gasteiger charge is -2.31. The van der Waals surface area contributed by atoms with E-state index in [9.17, 15) is 37.4 Å². The highest BCUT2D eigenvalue weighted by molar-refractivity contribution is 6.30. The number of alkyl halides is 3. The standard InChI is InChI=1S/C22H17ClF4N2O4/c23-14-6-4-13(5-7-14)18-9-17(19(32)10-21(11-30,12-31)22(25,26)27)20(33)29(28-18)16-3-1-2-15(24)8-16/h1-9,30-31H,10-12H2. The first kappa shape index (κ1) is 24.6. The minimum Gasteiger partial charge on any atom is -0.395 e. The minimum atomic E-state index is -5.13. The molecule has 6 nitrogen and oxygen atoms in total. The van der Waals surface area contributed by atoms with Crippen LogP contribution in [0.15, 0.2) is 59.4 Å². The van der Waals surface area contributed by atoms with Gasteiger partial charge in [-0.1, -0.05) is 29.8 Å². The zero-order valence-corrected chi connectivity index (χ0v) is 17.6. The maximum absolute atomic E-state index is 13.8. The molecule has 3 aromatic rings. The van der Waals surface area contributed by atoms with Crippen LogP contribution in [-0.2, 0) is 0 Å². The normalized spacial score (nSPS) is 12.1. The van der Waals surface area contributed by atoms with Crippen molar-refractivity contribution in [2.75, 3.05) is 13.2 Å². The van der Waals surface area contributed by atoms with E-state index in [1.807, 2.05) is 0 Å². The topological polar surface area (TPSA) is 92.4 Å². The van der Waals surface area contributed by atoms with E-state index < -0.39 is 53.9 Å². The van der Waals surface area contributed by atoms with Crippen molar-refractivity contribution in [3.63, 3.8) is 0 Å². The summed E-state index contributed by atoms with van der Waals surface area (Å²) in [5.74, 6) is -1.98. The quantitative estimate of drug-likeness (QED) is 0.393. The summed E-state index contributed by atoms with van der Waals surface area (Å²) in [5, 5.41) is 23.2. The van der Waals surface area contributed by atoms with E-state index in [0.29, 0.717) is 15.3 Å². The monoisotopic (exact) mass is 484 g/mol. The first-order chi connectivity index (χ1) is 15.5. The molecule has 0 amide bonds. The number of hydrogen-bond donors (Lipinski definition) is 2. The highest BCUT2D eigenvalue weighted by atomic mass is 35.5. The van der Waals surface area contributed by atoms with Gasteiger partial charge < -0.3 is 10.2 Å². The molecular formula is C22H17ClF4N2O4. The number of Topliss-reactive ketones (excluding diaryl/α,β-unsaturated/α-hetero) is 1. The summed E-state index contributed by atoms with van der Waals surface area (Å²) in [6.07, 6.45) is -6.51. The average molecular weight is 485 g/mol. The van der Waals surface area contributed by atoms with Gasteiger partial charge in [-0.25, -0.2) is 4.39 Å². The first-order valence-corrected chi connectivity index (χ1v) is 9.87. The Balaban J connectivity index is 2.20. The van der Waals surface area contributed by atoms with Crippen molar-refractivity contribution >= 4 is 17.4 Å². The van der Waals surface area contributed by atoms with E-state index in [2.05, 4.69) is 5.10 Å². The Hall–Kier alpha value is -3.08. The van der Waals surface area contributed by atoms with Crippen molar-refractivity contribution in [3.05, 3.63) is 81.4 Å². The van der Waals surface area contributed by atoms with Crippen LogP contribution >= 0.6 is 11.6 Å². The minimum absolute atomic E-state index is 0.0319. The maximum Gasteiger partial charge on any atom is 0.399 e. The summed E-state index contributed by atoms with van der Waals surface area (Å²) in [4.78, 5) is 25.9. The van der Waals surface area contributed by atoms with Gasteiger partial charge in [-0.2, -0.15) is 23.0 Å². The second kappa shape index (κ2) is 9.42. The van der Waals surface area contributed by atoms with Crippen LogP contribution in [0.25, 0.3) is 16.9 Å². The van der Waals surface area contributed by atoms with Gasteiger partial charge in [0.1, 0.15) is 11.2 Å². The maximum atomic E-state index is 13.8. The number of carbonyl (C=O) groups excluding carboxylic acids is 1. The fourth-order valence-electron chi connectivity index (χ4n) is 3.08. The van der Waals surface area contributed by atoms with Crippen LogP contribution in [0.4, 0.5) is 17.6 Å². The highest BCUT2D eigenvalue weighted by Crippen LogP contribution is 2.41. The molecule has 0 atom stereocenters. The molecular weight excluding hydrogens is 468 g/mol. The van der Waals surface area contributed by atoms with E-state index in [1.165, 1.54) is 36.4 Å². The number of aliphatic hydroxyl groups is 2. The van der Waals surface area contributed by atoms with Gasteiger partial charge in [-0.3, -0.25) is 9.59 Å². The Labute approximate surface area is 189 Å². The summed E-state index contributed by atoms with van der Waals surface area (Å²) >= 11 is 5.87. The number of nitrogens with zero attached hydrogens (tertiary/aromatic N) is 2. The second-order valence-electron chi connectivity index (χ2n) is 7.34. The first-order valence-electron chi connectivity index (χ1n) is 9.49. The van der Waals surface area contributed by atoms with Gasteiger partial charge in [0.05, 0.1) is 30.2 Å². The van der Waals surface area contributed by atoms with Crippen molar-refractivity contribution in [2.24, 2.45) is 5.41 Å². The Morgan fingerprint density at radius 1 is 1.03 bits per heavy atom. The third-order valence-corrected chi connectivity index (χ3v) is 5.36. The number of halogens is 5. The second-order valence-corrected chi connectivity index (χ2v) is 7.78. The van der Waals surface area contributed by atoms with Crippen LogP contribution in [0.1, 0.15) is 16.8 Å². The molecule has 0 aliphatic heterocycles. The van der Waals surface area contributed by atoms with Crippen LogP contribution in [0.5, 0.6) is 0 Å². The summed E-state index contributed by atoms with van der Waals surface area (Å²) in [6.45, 7) is -3.13. The fourth-order valence-corrected chi connectivity index (χ4v) is 3.21. The Kier molecular flexibility index (Phi) is 7.01. The van der Waals surface area contributed by atoms with Gasteiger partial charge in [-0.15, -0.1) is 0 Å². The van der Waals surface area contributed by atoms with Crippen molar-refractivity contribution in [3.8, 4) is 16.9 Å². The molecule has 1 aromatic heterocycles. The zero-order chi connectivity index (χ0) is 24.4. The average Bonchev–Trinajstić information content (AvgIpc) is 2.77. The smallest absolute Gasteiger partial charge is 0.395 e. The van der Waals surface area contributed by atoms with E-state index in [4.69, 9.17) is 11.6 Å². The number of aromatic nitrogens is 2. The molecule has 0 saturated carbocycles. The Morgan fingerprint density at radius 3 is 2.21 bits per heavy atom. The molecule has 2 aromatic carbocycles. The molecule has 0 unspecified atom stereocenters. The zero-order valence-electron chi connectivity index (χ0n) is 16.8. The third kappa shape index (κ3) is 4.97. The number of ketones is 1. The van der Waals surface area contributed by atoms with E-state index >= 15 is 0 Å². The fraction of sp³-hybridized carbons (Fsp3) is 0.227. The molecule has 0 saturated heterocycles. The SMILES string of the molecule is O=C(CC(CO)(CO)C(F)(F)F)c1cc(-c2ccc(Cl)cc2)nn(-c2cccc(F)c2)c1=O. The molecule has 0 radical (unpaired) electrons. The molecule has 1 heterocycles. The van der Waals surface area contributed by atoms with E-state index in [-0.39, 0.29) is 11.4 Å².